The number of amidine groups is 1. The summed E-state index contributed by atoms with van der Waals surface area (Å²) in [5.74, 6) is 1.26. The maximum Gasteiger partial charge on any atom is 0.239 e. The molecule has 5 nitrogen and oxygen atoms in total. The topological polar surface area (TPSA) is 54.3 Å². The first-order chi connectivity index (χ1) is 11.8. The number of hydrogen-bond acceptors (Lipinski definition) is 5. The lowest BCUT2D eigenvalue weighted by atomic mass is 10.2. The number of nitrogens with zero attached hydrogens (tertiary/aromatic N) is 3. The Labute approximate surface area is 145 Å². The highest BCUT2D eigenvalue weighted by Gasteiger charge is 2.28. The van der Waals surface area contributed by atoms with Gasteiger partial charge in [-0.1, -0.05) is 42.1 Å². The first kappa shape index (κ1) is 16.3. The Morgan fingerprint density at radius 3 is 2.62 bits per heavy atom. The maximum absolute atomic E-state index is 12.1. The molecule has 1 heterocycles. The van der Waals surface area contributed by atoms with Gasteiger partial charge in [0, 0.05) is 0 Å². The van der Waals surface area contributed by atoms with Crippen molar-refractivity contribution in [1.29, 1.82) is 0 Å². The van der Waals surface area contributed by atoms with Crippen molar-refractivity contribution in [2.75, 3.05) is 12.9 Å². The SMILES string of the molecule is COc1ccc(/C=N/N=C2\SCC(=O)N2Cc2ccccc2)cc1. The number of methoxy groups -OCH3 is 1. The molecule has 2 aromatic rings. The zero-order valence-electron chi connectivity index (χ0n) is 13.3. The van der Waals surface area contributed by atoms with E-state index in [2.05, 4.69) is 10.2 Å². The number of thioether (sulfide) groups is 1. The molecular weight excluding hydrogens is 322 g/mol. The largest absolute Gasteiger partial charge is 0.497 e. The van der Waals surface area contributed by atoms with Gasteiger partial charge >= 0.3 is 0 Å². The van der Waals surface area contributed by atoms with Crippen LogP contribution in [0.4, 0.5) is 0 Å². The average molecular weight is 339 g/mol. The van der Waals surface area contributed by atoms with Crippen molar-refractivity contribution >= 4 is 29.1 Å². The van der Waals surface area contributed by atoms with Gasteiger partial charge in [0.2, 0.25) is 5.91 Å². The molecule has 2 aromatic carbocycles. The molecule has 0 atom stereocenters. The number of rotatable bonds is 5. The van der Waals surface area contributed by atoms with E-state index >= 15 is 0 Å². The molecule has 0 bridgehead atoms. The highest BCUT2D eigenvalue weighted by Crippen LogP contribution is 2.22. The molecule has 1 aliphatic heterocycles. The lowest BCUT2D eigenvalue weighted by molar-refractivity contribution is -0.124. The monoisotopic (exact) mass is 339 g/mol. The van der Waals surface area contributed by atoms with Crippen LogP contribution in [0.2, 0.25) is 0 Å². The average Bonchev–Trinajstić information content (AvgIpc) is 2.97. The smallest absolute Gasteiger partial charge is 0.239 e. The molecule has 1 aliphatic rings. The van der Waals surface area contributed by atoms with E-state index in [0.29, 0.717) is 17.5 Å². The fourth-order valence-corrected chi connectivity index (χ4v) is 3.06. The van der Waals surface area contributed by atoms with Crippen LogP contribution in [0.1, 0.15) is 11.1 Å². The molecule has 0 spiro atoms. The number of ether oxygens (including phenoxy) is 1. The molecule has 0 radical (unpaired) electrons. The maximum atomic E-state index is 12.1. The fourth-order valence-electron chi connectivity index (χ4n) is 2.23. The third-order valence-electron chi connectivity index (χ3n) is 3.51. The molecule has 24 heavy (non-hydrogen) atoms. The second-order valence-electron chi connectivity index (χ2n) is 5.15. The molecule has 3 rings (SSSR count). The number of hydrogen-bond donors (Lipinski definition) is 0. The van der Waals surface area contributed by atoms with Gasteiger partial charge in [0.05, 0.1) is 25.6 Å². The van der Waals surface area contributed by atoms with E-state index < -0.39 is 0 Å². The minimum Gasteiger partial charge on any atom is -0.497 e. The lowest BCUT2D eigenvalue weighted by Crippen LogP contribution is -2.28. The van der Waals surface area contributed by atoms with Crippen LogP contribution in [0.5, 0.6) is 5.75 Å². The molecule has 0 aromatic heterocycles. The molecule has 0 unspecified atom stereocenters. The minimum absolute atomic E-state index is 0.0576. The lowest BCUT2D eigenvalue weighted by Gasteiger charge is -2.14. The second kappa shape index (κ2) is 7.79. The van der Waals surface area contributed by atoms with Crippen LogP contribution in [-0.2, 0) is 11.3 Å². The Hall–Kier alpha value is -2.60. The van der Waals surface area contributed by atoms with Crippen molar-refractivity contribution < 1.29 is 9.53 Å². The van der Waals surface area contributed by atoms with E-state index in [4.69, 9.17) is 4.74 Å². The summed E-state index contributed by atoms with van der Waals surface area (Å²) in [5.41, 5.74) is 1.99. The van der Waals surface area contributed by atoms with Crippen LogP contribution in [-0.4, -0.2) is 35.1 Å². The van der Waals surface area contributed by atoms with Crippen molar-refractivity contribution in [2.24, 2.45) is 10.2 Å². The molecule has 0 N–H and O–H groups in total. The highest BCUT2D eigenvalue weighted by molar-refractivity contribution is 8.15. The van der Waals surface area contributed by atoms with E-state index in [1.54, 1.807) is 18.2 Å². The quantitative estimate of drug-likeness (QED) is 0.621. The van der Waals surface area contributed by atoms with Gasteiger partial charge in [-0.05, 0) is 35.4 Å². The number of carbonyl (C=O) groups is 1. The van der Waals surface area contributed by atoms with E-state index in [9.17, 15) is 4.79 Å². The zero-order chi connectivity index (χ0) is 16.8. The first-order valence-electron chi connectivity index (χ1n) is 7.48. The van der Waals surface area contributed by atoms with Gasteiger partial charge in [0.15, 0.2) is 5.17 Å². The van der Waals surface area contributed by atoms with Crippen molar-refractivity contribution in [2.45, 2.75) is 6.54 Å². The summed E-state index contributed by atoms with van der Waals surface area (Å²) in [4.78, 5) is 13.7. The van der Waals surface area contributed by atoms with Gasteiger partial charge in [0.1, 0.15) is 5.75 Å². The van der Waals surface area contributed by atoms with Crippen molar-refractivity contribution in [3.63, 3.8) is 0 Å². The van der Waals surface area contributed by atoms with Gasteiger partial charge in [-0.3, -0.25) is 9.69 Å². The Kier molecular flexibility index (Phi) is 5.28. The first-order valence-corrected chi connectivity index (χ1v) is 8.47. The molecule has 0 aliphatic carbocycles. The number of carbonyl (C=O) groups excluding carboxylic acids is 1. The van der Waals surface area contributed by atoms with Crippen LogP contribution in [0.3, 0.4) is 0 Å². The molecular formula is C18H17N3O2S. The Bertz CT molecular complexity index is 758. The summed E-state index contributed by atoms with van der Waals surface area (Å²) >= 11 is 1.41. The normalized spacial score (nSPS) is 16.3. The molecule has 1 amide bonds. The van der Waals surface area contributed by atoms with Crippen molar-refractivity contribution in [3.05, 3.63) is 65.7 Å². The van der Waals surface area contributed by atoms with Crippen LogP contribution in [0.25, 0.3) is 0 Å². The van der Waals surface area contributed by atoms with E-state index in [-0.39, 0.29) is 5.91 Å². The molecule has 6 heteroatoms. The Morgan fingerprint density at radius 2 is 1.92 bits per heavy atom. The Balaban J connectivity index is 1.70. The number of benzene rings is 2. The van der Waals surface area contributed by atoms with Crippen LogP contribution in [0, 0.1) is 0 Å². The van der Waals surface area contributed by atoms with Gasteiger partial charge in [0.25, 0.3) is 0 Å². The third-order valence-corrected chi connectivity index (χ3v) is 4.46. The second-order valence-corrected chi connectivity index (χ2v) is 6.10. The van der Waals surface area contributed by atoms with Crippen molar-refractivity contribution in [3.8, 4) is 5.75 Å². The van der Waals surface area contributed by atoms with E-state index in [1.807, 2.05) is 54.6 Å². The zero-order valence-corrected chi connectivity index (χ0v) is 14.1. The molecule has 1 saturated heterocycles. The summed E-state index contributed by atoms with van der Waals surface area (Å²) in [5, 5.41) is 8.96. The summed E-state index contributed by atoms with van der Waals surface area (Å²) in [6.07, 6.45) is 1.66. The van der Waals surface area contributed by atoms with E-state index in [1.165, 1.54) is 11.8 Å². The molecule has 122 valence electrons. The number of amides is 1. The summed E-state index contributed by atoms with van der Waals surface area (Å²) < 4.78 is 5.12. The highest BCUT2D eigenvalue weighted by atomic mass is 32.2. The van der Waals surface area contributed by atoms with Crippen LogP contribution >= 0.6 is 11.8 Å². The Morgan fingerprint density at radius 1 is 1.17 bits per heavy atom. The van der Waals surface area contributed by atoms with Gasteiger partial charge in [-0.2, -0.15) is 5.10 Å². The van der Waals surface area contributed by atoms with Crippen molar-refractivity contribution in [1.82, 2.24) is 4.90 Å². The van der Waals surface area contributed by atoms with Gasteiger partial charge in [-0.25, -0.2) is 0 Å². The third kappa shape index (κ3) is 4.02. The summed E-state index contributed by atoms with van der Waals surface area (Å²) in [7, 11) is 1.63. The van der Waals surface area contributed by atoms with Crippen LogP contribution < -0.4 is 4.74 Å². The predicted molar refractivity (Wildman–Crippen MR) is 97.5 cm³/mol. The van der Waals surface area contributed by atoms with Gasteiger partial charge in [-0.15, -0.1) is 5.10 Å². The summed E-state index contributed by atoms with van der Waals surface area (Å²) in [6.45, 7) is 0.517. The fraction of sp³-hybridized carbons (Fsp3) is 0.167. The molecule has 0 saturated carbocycles. The van der Waals surface area contributed by atoms with E-state index in [0.717, 1.165) is 16.9 Å². The van der Waals surface area contributed by atoms with Gasteiger partial charge < -0.3 is 4.74 Å². The molecule has 1 fully saturated rings. The minimum atomic E-state index is 0.0576. The predicted octanol–water partition coefficient (Wildman–Crippen LogP) is 3.16. The summed E-state index contributed by atoms with van der Waals surface area (Å²) in [6, 6.07) is 17.4. The standard InChI is InChI=1S/C18H17N3O2S/c1-23-16-9-7-14(8-10-16)11-19-20-18-21(17(22)13-24-18)12-15-5-3-2-4-6-15/h2-11H,12-13H2,1H3/b19-11+,20-18-. The van der Waals surface area contributed by atoms with Crippen LogP contribution in [0.15, 0.2) is 64.8 Å².